The SMILES string of the molecule is CC(C)c1ccc(CCCNC(=O)c2ccc(I)cc2)cc1. The summed E-state index contributed by atoms with van der Waals surface area (Å²) in [6.45, 7) is 5.11. The van der Waals surface area contributed by atoms with Crippen LogP contribution in [0.4, 0.5) is 0 Å². The molecule has 0 heterocycles. The van der Waals surface area contributed by atoms with Crippen molar-refractivity contribution >= 4 is 28.5 Å². The minimum absolute atomic E-state index is 0.00607. The lowest BCUT2D eigenvalue weighted by Gasteiger charge is -2.08. The highest BCUT2D eigenvalue weighted by Gasteiger charge is 2.04. The molecule has 3 heteroatoms. The molecule has 0 radical (unpaired) electrons. The quantitative estimate of drug-likeness (QED) is 0.542. The van der Waals surface area contributed by atoms with E-state index >= 15 is 0 Å². The average Bonchev–Trinajstić information content (AvgIpc) is 2.52. The van der Waals surface area contributed by atoms with E-state index in [9.17, 15) is 4.79 Å². The molecule has 0 bridgehead atoms. The summed E-state index contributed by atoms with van der Waals surface area (Å²) in [6.07, 6.45) is 1.95. The lowest BCUT2D eigenvalue weighted by atomic mass is 10.0. The fourth-order valence-corrected chi connectivity index (χ4v) is 2.63. The number of amides is 1. The maximum Gasteiger partial charge on any atom is 0.251 e. The normalized spacial score (nSPS) is 10.7. The summed E-state index contributed by atoms with van der Waals surface area (Å²) in [4.78, 5) is 12.0. The zero-order chi connectivity index (χ0) is 15.9. The van der Waals surface area contributed by atoms with Crippen molar-refractivity contribution in [1.29, 1.82) is 0 Å². The number of halogens is 1. The van der Waals surface area contributed by atoms with Crippen LogP contribution in [0.3, 0.4) is 0 Å². The number of carbonyl (C=O) groups is 1. The minimum atomic E-state index is 0.00607. The first-order chi connectivity index (χ1) is 10.6. The standard InChI is InChI=1S/C19H22INO/c1-14(2)16-7-5-15(6-8-16)4-3-13-21-19(22)17-9-11-18(20)12-10-17/h5-12,14H,3-4,13H2,1-2H3,(H,21,22). The van der Waals surface area contributed by atoms with E-state index in [1.807, 2.05) is 24.3 Å². The molecule has 2 nitrogen and oxygen atoms in total. The summed E-state index contributed by atoms with van der Waals surface area (Å²) in [7, 11) is 0. The van der Waals surface area contributed by atoms with Crippen LogP contribution < -0.4 is 5.32 Å². The Balaban J connectivity index is 1.74. The van der Waals surface area contributed by atoms with Gasteiger partial charge in [-0.25, -0.2) is 0 Å². The Morgan fingerprint density at radius 3 is 2.27 bits per heavy atom. The monoisotopic (exact) mass is 407 g/mol. The molecule has 2 rings (SSSR count). The number of nitrogens with one attached hydrogen (secondary N) is 1. The van der Waals surface area contributed by atoms with E-state index in [-0.39, 0.29) is 5.91 Å². The largest absolute Gasteiger partial charge is 0.352 e. The molecule has 1 amide bonds. The zero-order valence-electron chi connectivity index (χ0n) is 13.1. The van der Waals surface area contributed by atoms with Crippen LogP contribution in [0.25, 0.3) is 0 Å². The third-order valence-corrected chi connectivity index (χ3v) is 4.40. The van der Waals surface area contributed by atoms with Crippen LogP contribution in [0.2, 0.25) is 0 Å². The third kappa shape index (κ3) is 5.13. The van der Waals surface area contributed by atoms with Gasteiger partial charge >= 0.3 is 0 Å². The summed E-state index contributed by atoms with van der Waals surface area (Å²) in [6, 6.07) is 16.4. The van der Waals surface area contributed by atoms with Crippen LogP contribution in [0.1, 0.15) is 47.7 Å². The van der Waals surface area contributed by atoms with E-state index < -0.39 is 0 Å². The Bertz CT molecular complexity index is 602. The maximum absolute atomic E-state index is 12.0. The van der Waals surface area contributed by atoms with Crippen LogP contribution in [0.15, 0.2) is 48.5 Å². The molecule has 0 aliphatic carbocycles. The van der Waals surface area contributed by atoms with E-state index in [0.29, 0.717) is 12.5 Å². The summed E-state index contributed by atoms with van der Waals surface area (Å²) >= 11 is 2.24. The van der Waals surface area contributed by atoms with Gasteiger partial charge in [0, 0.05) is 15.7 Å². The van der Waals surface area contributed by atoms with Crippen molar-refractivity contribution in [1.82, 2.24) is 5.32 Å². The van der Waals surface area contributed by atoms with Gasteiger partial charge in [0.15, 0.2) is 0 Å². The van der Waals surface area contributed by atoms with Crippen molar-refractivity contribution in [3.05, 3.63) is 68.8 Å². The Morgan fingerprint density at radius 1 is 1.05 bits per heavy atom. The molecular weight excluding hydrogens is 385 g/mol. The second-order valence-corrected chi connectivity index (χ2v) is 7.01. The van der Waals surface area contributed by atoms with E-state index in [1.165, 1.54) is 11.1 Å². The van der Waals surface area contributed by atoms with Crippen LogP contribution in [0.5, 0.6) is 0 Å². The molecule has 0 saturated carbocycles. The Kier molecular flexibility index (Phi) is 6.43. The molecule has 22 heavy (non-hydrogen) atoms. The highest BCUT2D eigenvalue weighted by atomic mass is 127. The molecule has 2 aromatic carbocycles. The fourth-order valence-electron chi connectivity index (χ4n) is 2.27. The van der Waals surface area contributed by atoms with E-state index in [4.69, 9.17) is 0 Å². The first kappa shape index (κ1) is 17.0. The highest BCUT2D eigenvalue weighted by Crippen LogP contribution is 2.15. The smallest absolute Gasteiger partial charge is 0.251 e. The minimum Gasteiger partial charge on any atom is -0.352 e. The van der Waals surface area contributed by atoms with Gasteiger partial charge in [-0.05, 0) is 76.7 Å². The van der Waals surface area contributed by atoms with Gasteiger partial charge in [0.2, 0.25) is 0 Å². The molecule has 116 valence electrons. The van der Waals surface area contributed by atoms with Gasteiger partial charge in [0.25, 0.3) is 5.91 Å². The van der Waals surface area contributed by atoms with Crippen molar-refractivity contribution < 1.29 is 4.79 Å². The summed E-state index contributed by atoms with van der Waals surface area (Å²) in [5.41, 5.74) is 3.42. The predicted octanol–water partition coefficient (Wildman–Crippen LogP) is 4.78. The van der Waals surface area contributed by atoms with Gasteiger partial charge < -0.3 is 5.32 Å². The number of hydrogen-bond donors (Lipinski definition) is 1. The molecule has 2 aromatic rings. The van der Waals surface area contributed by atoms with Gasteiger partial charge in [-0.15, -0.1) is 0 Å². The van der Waals surface area contributed by atoms with E-state index in [1.54, 1.807) is 0 Å². The van der Waals surface area contributed by atoms with Crippen molar-refractivity contribution in [2.45, 2.75) is 32.6 Å². The number of hydrogen-bond acceptors (Lipinski definition) is 1. The number of rotatable bonds is 6. The molecule has 0 unspecified atom stereocenters. The molecule has 0 aromatic heterocycles. The molecule has 0 spiro atoms. The van der Waals surface area contributed by atoms with Crippen molar-refractivity contribution in [2.24, 2.45) is 0 Å². The van der Waals surface area contributed by atoms with Crippen molar-refractivity contribution in [3.8, 4) is 0 Å². The van der Waals surface area contributed by atoms with Gasteiger partial charge in [0.1, 0.15) is 0 Å². The number of aryl methyl sites for hydroxylation is 1. The molecule has 0 fully saturated rings. The summed E-state index contributed by atoms with van der Waals surface area (Å²) in [5.74, 6) is 0.578. The molecule has 0 atom stereocenters. The fraction of sp³-hybridized carbons (Fsp3) is 0.316. The molecular formula is C19H22INO. The lowest BCUT2D eigenvalue weighted by Crippen LogP contribution is -2.24. The van der Waals surface area contributed by atoms with E-state index in [2.05, 4.69) is 66.0 Å². The average molecular weight is 407 g/mol. The Labute approximate surface area is 146 Å². The topological polar surface area (TPSA) is 29.1 Å². The molecule has 0 aliphatic rings. The van der Waals surface area contributed by atoms with Gasteiger partial charge in [0.05, 0.1) is 0 Å². The van der Waals surface area contributed by atoms with Crippen molar-refractivity contribution in [3.63, 3.8) is 0 Å². The summed E-state index contributed by atoms with van der Waals surface area (Å²) < 4.78 is 1.14. The third-order valence-electron chi connectivity index (χ3n) is 3.68. The molecule has 1 N–H and O–H groups in total. The number of carbonyl (C=O) groups excluding carboxylic acids is 1. The van der Waals surface area contributed by atoms with Crippen molar-refractivity contribution in [2.75, 3.05) is 6.54 Å². The van der Waals surface area contributed by atoms with Crippen LogP contribution >= 0.6 is 22.6 Å². The lowest BCUT2D eigenvalue weighted by molar-refractivity contribution is 0.0953. The van der Waals surface area contributed by atoms with Gasteiger partial charge in [-0.3, -0.25) is 4.79 Å². The highest BCUT2D eigenvalue weighted by molar-refractivity contribution is 14.1. The zero-order valence-corrected chi connectivity index (χ0v) is 15.3. The molecule has 0 aliphatic heterocycles. The summed E-state index contributed by atoms with van der Waals surface area (Å²) in [5, 5.41) is 2.98. The number of benzene rings is 2. The predicted molar refractivity (Wildman–Crippen MR) is 100 cm³/mol. The molecule has 0 saturated heterocycles. The van der Waals surface area contributed by atoms with Crippen LogP contribution in [-0.4, -0.2) is 12.5 Å². The van der Waals surface area contributed by atoms with Gasteiger partial charge in [-0.2, -0.15) is 0 Å². The Hall–Kier alpha value is -1.36. The first-order valence-corrected chi connectivity index (χ1v) is 8.77. The Morgan fingerprint density at radius 2 is 1.68 bits per heavy atom. The van der Waals surface area contributed by atoms with Crippen LogP contribution in [-0.2, 0) is 6.42 Å². The maximum atomic E-state index is 12.0. The second-order valence-electron chi connectivity index (χ2n) is 5.76. The van der Waals surface area contributed by atoms with E-state index in [0.717, 1.165) is 22.0 Å². The second kappa shape index (κ2) is 8.32. The van der Waals surface area contributed by atoms with Gasteiger partial charge in [-0.1, -0.05) is 38.1 Å². The first-order valence-electron chi connectivity index (χ1n) is 7.69. The van der Waals surface area contributed by atoms with Crippen LogP contribution in [0, 0.1) is 3.57 Å².